The average Bonchev–Trinajstić information content (AvgIpc) is 2.89. The van der Waals surface area contributed by atoms with Crippen molar-refractivity contribution in [1.82, 2.24) is 0 Å². The Labute approximate surface area is 137 Å². The second-order valence-corrected chi connectivity index (χ2v) is 5.48. The van der Waals surface area contributed by atoms with Crippen LogP contribution in [0.5, 0.6) is 0 Å². The predicted octanol–water partition coefficient (Wildman–Crippen LogP) is 3.59. The van der Waals surface area contributed by atoms with E-state index in [4.69, 9.17) is 0 Å². The summed E-state index contributed by atoms with van der Waals surface area (Å²) < 4.78 is 0. The highest BCUT2D eigenvalue weighted by Gasteiger charge is 2.49. The van der Waals surface area contributed by atoms with Gasteiger partial charge in [-0.2, -0.15) is 0 Å². The number of hydrogen-bond acceptors (Lipinski definition) is 1. The van der Waals surface area contributed by atoms with Gasteiger partial charge >= 0.3 is 0 Å². The summed E-state index contributed by atoms with van der Waals surface area (Å²) in [5, 5.41) is 3.05. The molecule has 0 atom stereocenters. The maximum absolute atomic E-state index is 13.0. The number of rotatable bonds is 2. The summed E-state index contributed by atoms with van der Waals surface area (Å²) in [7, 11) is 0. The first-order valence-corrected chi connectivity index (χ1v) is 7.35. The lowest BCUT2D eigenvalue weighted by atomic mass is 9.70. The highest BCUT2D eigenvalue weighted by atomic mass is 16.2. The molecule has 0 spiro atoms. The van der Waals surface area contributed by atoms with E-state index in [0.29, 0.717) is 0 Å². The van der Waals surface area contributed by atoms with Crippen LogP contribution in [0.1, 0.15) is 16.7 Å². The first-order valence-electron chi connectivity index (χ1n) is 7.35. The third-order valence-electron chi connectivity index (χ3n) is 4.33. The zero-order valence-corrected chi connectivity index (χ0v) is 12.6. The Kier molecular flexibility index (Phi) is 3.79. The molecule has 0 unspecified atom stereocenters. The number of anilines is 1. The lowest BCUT2D eigenvalue weighted by Crippen LogP contribution is -2.36. The topological polar surface area (TPSA) is 29.1 Å². The minimum atomic E-state index is -0.779. The summed E-state index contributed by atoms with van der Waals surface area (Å²) >= 11 is 0. The number of amides is 1. The number of hydrogen-bond donors (Lipinski definition) is 1. The van der Waals surface area contributed by atoms with Gasteiger partial charge in [-0.05, 0) is 17.2 Å². The third kappa shape index (κ3) is 2.08. The Morgan fingerprint density at radius 1 is 0.652 bits per heavy atom. The molecular formula is C20H15BNO. The van der Waals surface area contributed by atoms with E-state index in [-0.39, 0.29) is 14.3 Å². The standard InChI is InChI=1S/C20H15NO.B/c22-19-20(15-9-3-1-4-10-15,16-11-5-2-6-12-16)17-13-7-8-14-18(17)21-19;/h1-14H,(H,21,22);. The fourth-order valence-electron chi connectivity index (χ4n) is 3.37. The molecule has 1 amide bonds. The lowest BCUT2D eigenvalue weighted by molar-refractivity contribution is -0.118. The van der Waals surface area contributed by atoms with Crippen molar-refractivity contribution in [3.8, 4) is 0 Å². The largest absolute Gasteiger partial charge is 0.324 e. The number of carbonyl (C=O) groups excluding carboxylic acids is 1. The van der Waals surface area contributed by atoms with Crippen molar-refractivity contribution < 1.29 is 4.79 Å². The zero-order chi connectivity index (χ0) is 15.0. The van der Waals surface area contributed by atoms with Crippen molar-refractivity contribution in [3.05, 3.63) is 102 Å². The van der Waals surface area contributed by atoms with Crippen LogP contribution in [0.25, 0.3) is 0 Å². The fourth-order valence-corrected chi connectivity index (χ4v) is 3.37. The van der Waals surface area contributed by atoms with Gasteiger partial charge in [0.15, 0.2) is 0 Å². The van der Waals surface area contributed by atoms with Crippen molar-refractivity contribution >= 4 is 20.0 Å². The Morgan fingerprint density at radius 3 is 1.70 bits per heavy atom. The minimum Gasteiger partial charge on any atom is -0.324 e. The van der Waals surface area contributed by atoms with Crippen LogP contribution in [0.3, 0.4) is 0 Å². The van der Waals surface area contributed by atoms with Crippen LogP contribution in [0.15, 0.2) is 84.9 Å². The van der Waals surface area contributed by atoms with Gasteiger partial charge in [0.1, 0.15) is 5.41 Å². The SMILES string of the molecule is O=C1Nc2ccccc2C1(c1ccccc1)c1ccccc1.[B]. The Morgan fingerprint density at radius 2 is 1.13 bits per heavy atom. The maximum Gasteiger partial charge on any atom is 0.244 e. The molecule has 3 heteroatoms. The van der Waals surface area contributed by atoms with Crippen LogP contribution in [-0.4, -0.2) is 14.3 Å². The predicted molar refractivity (Wildman–Crippen MR) is 93.6 cm³/mol. The summed E-state index contributed by atoms with van der Waals surface area (Å²) in [5.41, 5.74) is 3.10. The summed E-state index contributed by atoms with van der Waals surface area (Å²) in [4.78, 5) is 13.0. The number of nitrogens with one attached hydrogen (secondary N) is 1. The molecule has 0 fully saturated rings. The Bertz CT molecular complexity index is 791. The highest BCUT2D eigenvalue weighted by Crippen LogP contribution is 2.47. The van der Waals surface area contributed by atoms with Crippen molar-refractivity contribution in [3.63, 3.8) is 0 Å². The molecule has 4 rings (SSSR count). The molecule has 1 heterocycles. The van der Waals surface area contributed by atoms with E-state index in [9.17, 15) is 4.79 Å². The first kappa shape index (κ1) is 15.1. The van der Waals surface area contributed by atoms with Crippen molar-refractivity contribution in [2.24, 2.45) is 0 Å². The first-order chi connectivity index (χ1) is 10.8. The molecule has 0 aliphatic carbocycles. The highest BCUT2D eigenvalue weighted by molar-refractivity contribution is 6.11. The summed E-state index contributed by atoms with van der Waals surface area (Å²) in [6.45, 7) is 0. The fraction of sp³-hybridized carbons (Fsp3) is 0.0500. The van der Waals surface area contributed by atoms with Crippen molar-refractivity contribution in [2.75, 3.05) is 5.32 Å². The van der Waals surface area contributed by atoms with Gasteiger partial charge in [0.25, 0.3) is 0 Å². The van der Waals surface area contributed by atoms with E-state index in [1.807, 2.05) is 84.9 Å². The van der Waals surface area contributed by atoms with E-state index >= 15 is 0 Å². The second kappa shape index (κ2) is 5.77. The molecule has 0 bridgehead atoms. The number of carbonyl (C=O) groups is 1. The molecule has 0 saturated carbocycles. The average molecular weight is 296 g/mol. The van der Waals surface area contributed by atoms with Crippen LogP contribution in [-0.2, 0) is 10.2 Å². The van der Waals surface area contributed by atoms with Gasteiger partial charge in [-0.15, -0.1) is 0 Å². The molecule has 23 heavy (non-hydrogen) atoms. The van der Waals surface area contributed by atoms with Gasteiger partial charge in [-0.25, -0.2) is 0 Å². The Hall–Kier alpha value is -2.81. The van der Waals surface area contributed by atoms with Gasteiger partial charge in [0.2, 0.25) is 5.91 Å². The smallest absolute Gasteiger partial charge is 0.244 e. The van der Waals surface area contributed by atoms with Gasteiger partial charge in [-0.1, -0.05) is 78.9 Å². The monoisotopic (exact) mass is 296 g/mol. The molecule has 0 aromatic heterocycles. The van der Waals surface area contributed by atoms with E-state index in [2.05, 4.69) is 5.32 Å². The number of para-hydroxylation sites is 1. The van der Waals surface area contributed by atoms with Crippen molar-refractivity contribution in [1.29, 1.82) is 0 Å². The van der Waals surface area contributed by atoms with Gasteiger partial charge < -0.3 is 5.32 Å². The molecule has 3 aromatic carbocycles. The molecule has 3 aromatic rings. The number of benzene rings is 3. The molecule has 1 aliphatic rings. The van der Waals surface area contributed by atoms with Gasteiger partial charge in [-0.3, -0.25) is 4.79 Å². The zero-order valence-electron chi connectivity index (χ0n) is 12.6. The van der Waals surface area contributed by atoms with Crippen LogP contribution >= 0.6 is 0 Å². The van der Waals surface area contributed by atoms with Crippen molar-refractivity contribution in [2.45, 2.75) is 5.41 Å². The van der Waals surface area contributed by atoms with E-state index in [0.717, 1.165) is 22.4 Å². The summed E-state index contributed by atoms with van der Waals surface area (Å²) in [6, 6.07) is 27.9. The van der Waals surface area contributed by atoms with Gasteiger partial charge in [0.05, 0.1) is 0 Å². The van der Waals surface area contributed by atoms with Crippen LogP contribution in [0.4, 0.5) is 5.69 Å². The molecule has 109 valence electrons. The van der Waals surface area contributed by atoms with Gasteiger partial charge in [0, 0.05) is 19.7 Å². The molecule has 3 radical (unpaired) electrons. The lowest BCUT2D eigenvalue weighted by Gasteiger charge is -2.28. The Balaban J connectivity index is 0.00000156. The molecular weight excluding hydrogens is 281 g/mol. The molecule has 1 N–H and O–H groups in total. The van der Waals surface area contributed by atoms with E-state index in [1.165, 1.54) is 0 Å². The van der Waals surface area contributed by atoms with E-state index in [1.54, 1.807) is 0 Å². The van der Waals surface area contributed by atoms with E-state index < -0.39 is 5.41 Å². The summed E-state index contributed by atoms with van der Waals surface area (Å²) in [6.07, 6.45) is 0. The normalized spacial score (nSPS) is 14.5. The number of fused-ring (bicyclic) bond motifs is 1. The quantitative estimate of drug-likeness (QED) is 0.719. The van der Waals surface area contributed by atoms with Crippen LogP contribution in [0.2, 0.25) is 0 Å². The maximum atomic E-state index is 13.0. The molecule has 1 aliphatic heterocycles. The molecule has 0 saturated heterocycles. The third-order valence-corrected chi connectivity index (χ3v) is 4.33. The summed E-state index contributed by atoms with van der Waals surface area (Å²) in [5.74, 6) is 0.00565. The second-order valence-electron chi connectivity index (χ2n) is 5.48. The molecule has 2 nitrogen and oxygen atoms in total. The minimum absolute atomic E-state index is 0. The van der Waals surface area contributed by atoms with Crippen LogP contribution in [0, 0.1) is 0 Å². The van der Waals surface area contributed by atoms with Crippen LogP contribution < -0.4 is 5.32 Å².